The van der Waals surface area contributed by atoms with E-state index >= 15 is 0 Å². The first-order valence-electron chi connectivity index (χ1n) is 7.94. The summed E-state index contributed by atoms with van der Waals surface area (Å²) in [7, 11) is -4.05. The van der Waals surface area contributed by atoms with E-state index in [9.17, 15) is 4.79 Å². The van der Waals surface area contributed by atoms with Crippen molar-refractivity contribution < 1.29 is 30.1 Å². The average Bonchev–Trinajstić information content (AvgIpc) is 2.73. The Morgan fingerprint density at radius 1 is 1.33 bits per heavy atom. The van der Waals surface area contributed by atoms with Crippen molar-refractivity contribution in [2.45, 2.75) is 38.9 Å². The fourth-order valence-corrected chi connectivity index (χ4v) is 1.48. The summed E-state index contributed by atoms with van der Waals surface area (Å²) in [6.07, 6.45) is 0. The van der Waals surface area contributed by atoms with Crippen molar-refractivity contribution in [3.8, 4) is 0 Å². The topological polar surface area (TPSA) is 57.9 Å². The fourth-order valence-electron chi connectivity index (χ4n) is 1.48. The third-order valence-electron chi connectivity index (χ3n) is 3.26. The molecule has 0 saturated carbocycles. The van der Waals surface area contributed by atoms with Crippen molar-refractivity contribution in [2.75, 3.05) is 7.04 Å². The van der Waals surface area contributed by atoms with Gasteiger partial charge in [0, 0.05) is 0 Å². The molecule has 1 fully saturated rings. The van der Waals surface area contributed by atoms with E-state index in [-0.39, 0.29) is 5.66 Å². The number of hydrogen-bond acceptors (Lipinski definition) is 5. The van der Waals surface area contributed by atoms with Crippen LogP contribution in [0.1, 0.15) is 45.1 Å². The Bertz CT molecular complexity index is 621. The Balaban J connectivity index is 2.33. The maximum atomic E-state index is 11.8. The Labute approximate surface area is 114 Å². The second-order valence-corrected chi connectivity index (χ2v) is 5.02. The molecule has 1 aliphatic rings. The first-order chi connectivity index (χ1) is 10.3. The number of carbonyl (C=O) groups excluding carboxylic acids is 1. The third-order valence-corrected chi connectivity index (χ3v) is 3.26. The molecule has 0 aliphatic carbocycles. The molecule has 0 bridgehead atoms. The quantitative estimate of drug-likeness (QED) is 0.591. The Morgan fingerprint density at radius 2 is 1.94 bits per heavy atom. The third kappa shape index (κ3) is 2.06. The van der Waals surface area contributed by atoms with E-state index in [1.165, 1.54) is 0 Å². The van der Waals surface area contributed by atoms with Gasteiger partial charge < -0.3 is 18.5 Å². The summed E-state index contributed by atoms with van der Waals surface area (Å²) < 4.78 is 57.1. The van der Waals surface area contributed by atoms with Gasteiger partial charge in [-0.25, -0.2) is 4.79 Å². The molecule has 0 aromatic carbocycles. The van der Waals surface area contributed by atoms with E-state index in [1.54, 1.807) is 27.7 Å². The summed E-state index contributed by atoms with van der Waals surface area (Å²) in [6, 6.07) is -0.995. The van der Waals surface area contributed by atoms with Gasteiger partial charge in [-0.15, -0.1) is 0 Å². The predicted octanol–water partition coefficient (Wildman–Crippen LogP) is 1.37. The Kier molecular flexibility index (Phi) is 1.84. The molecule has 1 aromatic rings. The molecular formula is C12H17BO5. The van der Waals surface area contributed by atoms with Crippen molar-refractivity contribution in [2.24, 2.45) is 0 Å². The molecule has 98 valence electrons. The van der Waals surface area contributed by atoms with E-state index in [0.717, 1.165) is 0 Å². The molecule has 0 radical (unpaired) electrons. The predicted molar refractivity (Wildman–Crippen MR) is 65.8 cm³/mol. The van der Waals surface area contributed by atoms with Crippen LogP contribution in [0.4, 0.5) is 0 Å². The van der Waals surface area contributed by atoms with E-state index in [4.69, 9.17) is 20.6 Å². The van der Waals surface area contributed by atoms with Crippen molar-refractivity contribution in [3.05, 3.63) is 17.8 Å². The van der Waals surface area contributed by atoms with Crippen LogP contribution in [0.25, 0.3) is 0 Å². The highest BCUT2D eigenvalue weighted by molar-refractivity contribution is 6.60. The standard InChI is InChI=1S/C12H17BO5/c1-11(2)12(3,4)18-13(17-11)9-7-6-8(16-9)10(14)15-5/h6-7H,1-5H3/i5D3,6D,7D. The van der Waals surface area contributed by atoms with Gasteiger partial charge in [0.25, 0.3) is 0 Å². The smallest absolute Gasteiger partial charge is 0.463 e. The van der Waals surface area contributed by atoms with Gasteiger partial charge >= 0.3 is 13.1 Å². The van der Waals surface area contributed by atoms with Crippen molar-refractivity contribution >= 4 is 18.7 Å². The van der Waals surface area contributed by atoms with Gasteiger partial charge in [-0.05, 0) is 39.8 Å². The molecule has 0 unspecified atom stereocenters. The lowest BCUT2D eigenvalue weighted by Gasteiger charge is -2.32. The SMILES string of the molecule is [2H]c1c(B2OC(C)(C)C(C)(C)O2)oc(C(=O)OC([2H])([2H])[2H])c1[2H]. The molecule has 0 atom stereocenters. The van der Waals surface area contributed by atoms with E-state index in [1.807, 2.05) is 0 Å². The van der Waals surface area contributed by atoms with Crippen LogP contribution >= 0.6 is 0 Å². The highest BCUT2D eigenvalue weighted by atomic mass is 16.7. The molecule has 6 heteroatoms. The summed E-state index contributed by atoms with van der Waals surface area (Å²) in [5.41, 5.74) is -1.57. The first kappa shape index (κ1) is 8.02. The van der Waals surface area contributed by atoms with E-state index < -0.39 is 49.2 Å². The second-order valence-electron chi connectivity index (χ2n) is 5.02. The molecule has 1 saturated heterocycles. The maximum Gasteiger partial charge on any atom is 0.532 e. The highest BCUT2D eigenvalue weighted by Gasteiger charge is 2.53. The van der Waals surface area contributed by atoms with Crippen LogP contribution in [0, 0.1) is 0 Å². The zero-order valence-corrected chi connectivity index (χ0v) is 10.6. The molecule has 2 heterocycles. The van der Waals surface area contributed by atoms with Crippen molar-refractivity contribution in [1.82, 2.24) is 0 Å². The minimum Gasteiger partial charge on any atom is -0.463 e. The van der Waals surface area contributed by atoms with Gasteiger partial charge in [0.2, 0.25) is 5.76 Å². The van der Waals surface area contributed by atoms with Crippen LogP contribution in [0.15, 0.2) is 16.5 Å². The first-order valence-corrected chi connectivity index (χ1v) is 5.44. The molecular weight excluding hydrogens is 235 g/mol. The number of ether oxygens (including phenoxy) is 1. The summed E-state index contributed by atoms with van der Waals surface area (Å²) in [5.74, 6) is -2.01. The van der Waals surface area contributed by atoms with Gasteiger partial charge in [0.1, 0.15) is 5.66 Å². The van der Waals surface area contributed by atoms with E-state index in [2.05, 4.69) is 4.74 Å². The van der Waals surface area contributed by atoms with Gasteiger partial charge in [-0.3, -0.25) is 0 Å². The lowest BCUT2D eigenvalue weighted by Crippen LogP contribution is -2.41. The van der Waals surface area contributed by atoms with Crippen molar-refractivity contribution in [3.63, 3.8) is 0 Å². The number of furan rings is 1. The summed E-state index contributed by atoms with van der Waals surface area (Å²) in [6.45, 7) is 7.19. The second kappa shape index (κ2) is 4.14. The highest BCUT2D eigenvalue weighted by Crippen LogP contribution is 2.36. The zero-order valence-electron chi connectivity index (χ0n) is 15.6. The molecule has 18 heavy (non-hydrogen) atoms. The monoisotopic (exact) mass is 257 g/mol. The van der Waals surface area contributed by atoms with Crippen LogP contribution in [0.5, 0.6) is 0 Å². The number of hydrogen-bond donors (Lipinski definition) is 0. The molecule has 1 aromatic heterocycles. The van der Waals surface area contributed by atoms with Gasteiger partial charge in [0.05, 0.1) is 25.1 Å². The summed E-state index contributed by atoms with van der Waals surface area (Å²) >= 11 is 0. The normalized spacial score (nSPS) is 25.8. The molecule has 0 spiro atoms. The maximum absolute atomic E-state index is 11.8. The minimum atomic E-state index is -2.97. The minimum absolute atomic E-state index is 0.175. The van der Waals surface area contributed by atoms with Gasteiger partial charge in [0.15, 0.2) is 0 Å². The van der Waals surface area contributed by atoms with Crippen LogP contribution < -0.4 is 5.66 Å². The molecule has 0 N–H and O–H groups in total. The Hall–Kier alpha value is -1.27. The number of rotatable bonds is 2. The van der Waals surface area contributed by atoms with Crippen LogP contribution in [-0.2, 0) is 14.0 Å². The largest absolute Gasteiger partial charge is 0.532 e. The molecule has 0 amide bonds. The summed E-state index contributed by atoms with van der Waals surface area (Å²) in [5, 5.41) is 0. The lowest BCUT2D eigenvalue weighted by atomic mass is 9.86. The number of methoxy groups -OCH3 is 1. The fraction of sp³-hybridized carbons (Fsp3) is 0.583. The van der Waals surface area contributed by atoms with E-state index in [0.29, 0.717) is 0 Å². The van der Waals surface area contributed by atoms with Crippen molar-refractivity contribution in [1.29, 1.82) is 0 Å². The number of carbonyl (C=O) groups is 1. The van der Waals surface area contributed by atoms with Gasteiger partial charge in [-0.1, -0.05) is 0 Å². The van der Waals surface area contributed by atoms with Crippen LogP contribution in [0.2, 0.25) is 0 Å². The number of esters is 1. The molecule has 1 aliphatic heterocycles. The van der Waals surface area contributed by atoms with Crippen LogP contribution in [0.3, 0.4) is 0 Å². The molecule has 2 rings (SSSR count). The van der Waals surface area contributed by atoms with Crippen LogP contribution in [-0.4, -0.2) is 31.3 Å². The molecule has 5 nitrogen and oxygen atoms in total. The Morgan fingerprint density at radius 3 is 2.50 bits per heavy atom. The zero-order chi connectivity index (χ0) is 17.8. The average molecular weight is 257 g/mol. The lowest BCUT2D eigenvalue weighted by molar-refractivity contribution is 0.00578. The van der Waals surface area contributed by atoms with Gasteiger partial charge in [-0.2, -0.15) is 0 Å². The summed E-state index contributed by atoms with van der Waals surface area (Å²) in [4.78, 5) is 11.8.